The highest BCUT2D eigenvalue weighted by Crippen LogP contribution is 2.21. The van der Waals surface area contributed by atoms with E-state index in [1.165, 1.54) is 0 Å². The highest BCUT2D eigenvalue weighted by molar-refractivity contribution is 5.96. The fraction of sp³-hybridized carbons (Fsp3) is 0.579. The monoisotopic (exact) mass is 347 g/mol. The van der Waals surface area contributed by atoms with Crippen molar-refractivity contribution in [1.82, 2.24) is 4.90 Å². The summed E-state index contributed by atoms with van der Waals surface area (Å²) >= 11 is 0. The summed E-state index contributed by atoms with van der Waals surface area (Å²) < 4.78 is 11.3. The maximum atomic E-state index is 12.9. The fourth-order valence-electron chi connectivity index (χ4n) is 3.44. The number of ether oxygens (including phenoxy) is 2. The number of carbonyl (C=O) groups is 2. The molecule has 0 spiro atoms. The summed E-state index contributed by atoms with van der Waals surface area (Å²) in [5, 5.41) is 9.22. The molecule has 0 saturated carbocycles. The van der Waals surface area contributed by atoms with E-state index in [0.717, 1.165) is 38.0 Å². The molecule has 6 heteroatoms. The van der Waals surface area contributed by atoms with Gasteiger partial charge in [0.05, 0.1) is 18.6 Å². The molecule has 1 aromatic rings. The summed E-state index contributed by atoms with van der Waals surface area (Å²) in [5.74, 6) is -1.39. The van der Waals surface area contributed by atoms with E-state index in [0.29, 0.717) is 25.1 Å². The van der Waals surface area contributed by atoms with Crippen LogP contribution < -0.4 is 0 Å². The minimum atomic E-state index is -0.825. The van der Waals surface area contributed by atoms with Gasteiger partial charge in [0, 0.05) is 31.9 Å². The van der Waals surface area contributed by atoms with Crippen LogP contribution in [0, 0.1) is 5.92 Å². The van der Waals surface area contributed by atoms with Crippen LogP contribution in [0.2, 0.25) is 0 Å². The standard InChI is InChI=1S/C19H25NO5/c21-18(20-9-3-5-14(12-20)19(22)23)17-6-2-1-4-15(17)13-25-16-7-10-24-11-8-16/h1-2,4,6,14,16H,3,5,7-13H2,(H,22,23). The van der Waals surface area contributed by atoms with Gasteiger partial charge in [0.25, 0.3) is 5.91 Å². The lowest BCUT2D eigenvalue weighted by Gasteiger charge is -2.31. The highest BCUT2D eigenvalue weighted by Gasteiger charge is 2.29. The number of amides is 1. The average molecular weight is 347 g/mol. The van der Waals surface area contributed by atoms with Crippen LogP contribution in [-0.2, 0) is 20.9 Å². The predicted molar refractivity (Wildman–Crippen MR) is 91.3 cm³/mol. The van der Waals surface area contributed by atoms with Crippen LogP contribution in [0.1, 0.15) is 41.6 Å². The van der Waals surface area contributed by atoms with Crippen molar-refractivity contribution in [2.75, 3.05) is 26.3 Å². The first kappa shape index (κ1) is 17.9. The SMILES string of the molecule is O=C(O)C1CCCN(C(=O)c2ccccc2COC2CCOCC2)C1. The molecule has 1 N–H and O–H groups in total. The van der Waals surface area contributed by atoms with E-state index >= 15 is 0 Å². The number of carbonyl (C=O) groups excluding carboxylic acids is 1. The van der Waals surface area contributed by atoms with Crippen molar-refractivity contribution in [2.45, 2.75) is 38.4 Å². The van der Waals surface area contributed by atoms with Gasteiger partial charge in [0.1, 0.15) is 0 Å². The maximum Gasteiger partial charge on any atom is 0.308 e. The molecule has 0 bridgehead atoms. The number of nitrogens with zero attached hydrogens (tertiary/aromatic N) is 1. The molecule has 2 saturated heterocycles. The number of benzene rings is 1. The van der Waals surface area contributed by atoms with E-state index in [-0.39, 0.29) is 18.6 Å². The summed E-state index contributed by atoms with van der Waals surface area (Å²) in [6.45, 7) is 2.72. The van der Waals surface area contributed by atoms with E-state index in [9.17, 15) is 14.7 Å². The zero-order valence-electron chi connectivity index (χ0n) is 14.4. The van der Waals surface area contributed by atoms with Crippen LogP contribution in [0.4, 0.5) is 0 Å². The third-order valence-electron chi connectivity index (χ3n) is 4.95. The molecule has 6 nitrogen and oxygen atoms in total. The number of aliphatic carboxylic acids is 1. The quantitative estimate of drug-likeness (QED) is 0.885. The average Bonchev–Trinajstić information content (AvgIpc) is 2.67. The van der Waals surface area contributed by atoms with E-state index in [2.05, 4.69) is 0 Å². The molecule has 0 aromatic heterocycles. The molecule has 1 atom stereocenters. The van der Waals surface area contributed by atoms with Crippen molar-refractivity contribution in [3.05, 3.63) is 35.4 Å². The van der Waals surface area contributed by atoms with Crippen molar-refractivity contribution in [2.24, 2.45) is 5.92 Å². The first-order chi connectivity index (χ1) is 12.1. The molecule has 2 fully saturated rings. The van der Waals surface area contributed by atoms with Gasteiger partial charge in [-0.1, -0.05) is 18.2 Å². The Morgan fingerprint density at radius 2 is 1.96 bits per heavy atom. The molecule has 1 amide bonds. The third-order valence-corrected chi connectivity index (χ3v) is 4.95. The van der Waals surface area contributed by atoms with Gasteiger partial charge in [-0.2, -0.15) is 0 Å². The summed E-state index contributed by atoms with van der Waals surface area (Å²) in [6, 6.07) is 7.44. The van der Waals surface area contributed by atoms with Gasteiger partial charge in [0.15, 0.2) is 0 Å². The first-order valence-corrected chi connectivity index (χ1v) is 8.94. The van der Waals surface area contributed by atoms with Gasteiger partial charge in [0.2, 0.25) is 0 Å². The van der Waals surface area contributed by atoms with Crippen LogP contribution in [0.3, 0.4) is 0 Å². The Balaban J connectivity index is 1.66. The summed E-state index contributed by atoms with van der Waals surface area (Å²) in [5.41, 5.74) is 1.47. The summed E-state index contributed by atoms with van der Waals surface area (Å²) in [7, 11) is 0. The third kappa shape index (κ3) is 4.58. The number of carboxylic acid groups (broad SMARTS) is 1. The van der Waals surface area contributed by atoms with E-state index in [1.54, 1.807) is 11.0 Å². The molecule has 136 valence electrons. The number of piperidine rings is 1. The molecular weight excluding hydrogens is 322 g/mol. The van der Waals surface area contributed by atoms with Crippen molar-refractivity contribution in [3.63, 3.8) is 0 Å². The minimum absolute atomic E-state index is 0.0999. The van der Waals surface area contributed by atoms with Gasteiger partial charge in [-0.05, 0) is 37.3 Å². The molecule has 1 aromatic carbocycles. The molecule has 1 unspecified atom stereocenters. The van der Waals surface area contributed by atoms with Crippen LogP contribution >= 0.6 is 0 Å². The molecule has 2 heterocycles. The van der Waals surface area contributed by atoms with Crippen LogP contribution in [0.15, 0.2) is 24.3 Å². The Morgan fingerprint density at radius 3 is 2.72 bits per heavy atom. The minimum Gasteiger partial charge on any atom is -0.481 e. The molecule has 0 radical (unpaired) electrons. The van der Waals surface area contributed by atoms with Crippen LogP contribution in [0.25, 0.3) is 0 Å². The van der Waals surface area contributed by atoms with E-state index in [4.69, 9.17) is 9.47 Å². The Hall–Kier alpha value is -1.92. The fourth-order valence-corrected chi connectivity index (χ4v) is 3.44. The second-order valence-electron chi connectivity index (χ2n) is 6.71. The first-order valence-electron chi connectivity index (χ1n) is 8.94. The second kappa shape index (κ2) is 8.45. The zero-order chi connectivity index (χ0) is 17.6. The van der Waals surface area contributed by atoms with Crippen molar-refractivity contribution < 1.29 is 24.2 Å². The number of likely N-dealkylation sites (tertiary alicyclic amines) is 1. The Kier molecular flexibility index (Phi) is 6.04. The predicted octanol–water partition coefficient (Wildman–Crippen LogP) is 2.32. The van der Waals surface area contributed by atoms with E-state index in [1.807, 2.05) is 18.2 Å². The lowest BCUT2D eigenvalue weighted by molar-refractivity contribution is -0.143. The van der Waals surface area contributed by atoms with Gasteiger partial charge < -0.3 is 19.5 Å². The van der Waals surface area contributed by atoms with Crippen molar-refractivity contribution in [3.8, 4) is 0 Å². The largest absolute Gasteiger partial charge is 0.481 e. The molecule has 25 heavy (non-hydrogen) atoms. The van der Waals surface area contributed by atoms with Crippen LogP contribution in [0.5, 0.6) is 0 Å². The van der Waals surface area contributed by atoms with Gasteiger partial charge >= 0.3 is 5.97 Å². The number of carboxylic acids is 1. The lowest BCUT2D eigenvalue weighted by Crippen LogP contribution is -2.42. The number of hydrogen-bond acceptors (Lipinski definition) is 4. The molecule has 3 rings (SSSR count). The van der Waals surface area contributed by atoms with Crippen molar-refractivity contribution in [1.29, 1.82) is 0 Å². The normalized spacial score (nSPS) is 21.9. The van der Waals surface area contributed by atoms with Gasteiger partial charge in [-0.15, -0.1) is 0 Å². The topological polar surface area (TPSA) is 76.1 Å². The number of rotatable bonds is 5. The summed E-state index contributed by atoms with van der Waals surface area (Å²) in [4.78, 5) is 25.8. The highest BCUT2D eigenvalue weighted by atomic mass is 16.5. The smallest absolute Gasteiger partial charge is 0.308 e. The molecule has 0 aliphatic carbocycles. The molecule has 2 aliphatic rings. The zero-order valence-corrected chi connectivity index (χ0v) is 14.4. The van der Waals surface area contributed by atoms with Gasteiger partial charge in [-0.3, -0.25) is 9.59 Å². The Morgan fingerprint density at radius 1 is 1.20 bits per heavy atom. The maximum absolute atomic E-state index is 12.9. The van der Waals surface area contributed by atoms with Crippen LogP contribution in [-0.4, -0.2) is 54.3 Å². The second-order valence-corrected chi connectivity index (χ2v) is 6.71. The van der Waals surface area contributed by atoms with Crippen molar-refractivity contribution >= 4 is 11.9 Å². The Bertz CT molecular complexity index is 612. The van der Waals surface area contributed by atoms with E-state index < -0.39 is 11.9 Å². The Labute approximate surface area is 147 Å². The van der Waals surface area contributed by atoms with Gasteiger partial charge in [-0.25, -0.2) is 0 Å². The lowest BCUT2D eigenvalue weighted by atomic mass is 9.97. The summed E-state index contributed by atoms with van der Waals surface area (Å²) in [6.07, 6.45) is 3.28. The molecule has 2 aliphatic heterocycles. The molecular formula is C19H25NO5. The number of hydrogen-bond donors (Lipinski definition) is 1.